The van der Waals surface area contributed by atoms with E-state index in [4.69, 9.17) is 22.3 Å². The Kier molecular flexibility index (Phi) is 4.16. The van der Waals surface area contributed by atoms with Gasteiger partial charge in [0.2, 0.25) is 0 Å². The maximum Gasteiger partial charge on any atom is 0.0740 e. The zero-order chi connectivity index (χ0) is 15.0. The number of rotatable bonds is 5. The SMILES string of the molecule is Cc1c(Cl)c(CN(C)C(CN)C2CC2)nc2ccccc12. The van der Waals surface area contributed by atoms with E-state index in [9.17, 15) is 0 Å². The number of nitrogens with zero attached hydrogens (tertiary/aromatic N) is 2. The van der Waals surface area contributed by atoms with Gasteiger partial charge in [-0.05, 0) is 44.4 Å². The largest absolute Gasteiger partial charge is 0.329 e. The van der Waals surface area contributed by atoms with Crippen molar-refractivity contribution < 1.29 is 0 Å². The second-order valence-corrected chi connectivity index (χ2v) is 6.45. The highest BCUT2D eigenvalue weighted by atomic mass is 35.5. The number of fused-ring (bicyclic) bond motifs is 1. The third-order valence-electron chi connectivity index (χ3n) is 4.52. The van der Waals surface area contributed by atoms with Gasteiger partial charge in [-0.3, -0.25) is 4.90 Å². The summed E-state index contributed by atoms with van der Waals surface area (Å²) in [5.74, 6) is 0.750. The number of hydrogen-bond acceptors (Lipinski definition) is 3. The van der Waals surface area contributed by atoms with Gasteiger partial charge < -0.3 is 5.73 Å². The Hall–Kier alpha value is -1.16. The van der Waals surface area contributed by atoms with Crippen molar-refractivity contribution in [2.45, 2.75) is 32.4 Å². The molecule has 3 rings (SSSR count). The van der Waals surface area contributed by atoms with E-state index in [2.05, 4.69) is 24.9 Å². The zero-order valence-corrected chi connectivity index (χ0v) is 13.4. The number of benzene rings is 1. The molecule has 1 aromatic heterocycles. The molecule has 1 heterocycles. The summed E-state index contributed by atoms with van der Waals surface area (Å²) in [6, 6.07) is 8.60. The van der Waals surface area contributed by atoms with Gasteiger partial charge in [-0.25, -0.2) is 4.98 Å². The molecule has 1 aliphatic carbocycles. The third kappa shape index (κ3) is 2.91. The maximum atomic E-state index is 6.54. The van der Waals surface area contributed by atoms with E-state index in [1.807, 2.05) is 18.2 Å². The van der Waals surface area contributed by atoms with Gasteiger partial charge in [0.25, 0.3) is 0 Å². The maximum absolute atomic E-state index is 6.54. The predicted octanol–water partition coefficient (Wildman–Crippen LogP) is 3.37. The van der Waals surface area contributed by atoms with Crippen LogP contribution in [0.4, 0.5) is 0 Å². The monoisotopic (exact) mass is 303 g/mol. The minimum Gasteiger partial charge on any atom is -0.329 e. The van der Waals surface area contributed by atoms with E-state index >= 15 is 0 Å². The van der Waals surface area contributed by atoms with Crippen LogP contribution in [0.1, 0.15) is 24.1 Å². The quantitative estimate of drug-likeness (QED) is 0.921. The lowest BCUT2D eigenvalue weighted by Gasteiger charge is -2.27. The molecule has 1 saturated carbocycles. The molecule has 1 atom stereocenters. The number of likely N-dealkylation sites (N-methyl/N-ethyl adjacent to an activating group) is 1. The van der Waals surface area contributed by atoms with Gasteiger partial charge in [0.05, 0.1) is 16.2 Å². The molecular formula is C17H22ClN3. The number of nitrogens with two attached hydrogens (primary N) is 1. The summed E-state index contributed by atoms with van der Waals surface area (Å²) < 4.78 is 0. The fourth-order valence-corrected chi connectivity index (χ4v) is 3.29. The highest BCUT2D eigenvalue weighted by molar-refractivity contribution is 6.32. The molecule has 0 amide bonds. The predicted molar refractivity (Wildman–Crippen MR) is 88.5 cm³/mol. The van der Waals surface area contributed by atoms with Crippen molar-refractivity contribution in [2.24, 2.45) is 11.7 Å². The molecule has 112 valence electrons. The average Bonchev–Trinajstić information content (AvgIpc) is 3.30. The number of pyridine rings is 1. The van der Waals surface area contributed by atoms with Gasteiger partial charge >= 0.3 is 0 Å². The van der Waals surface area contributed by atoms with Crippen LogP contribution in [0, 0.1) is 12.8 Å². The van der Waals surface area contributed by atoms with Crippen LogP contribution in [-0.2, 0) is 6.54 Å². The van der Waals surface area contributed by atoms with E-state index in [0.717, 1.165) is 39.6 Å². The second kappa shape index (κ2) is 5.91. The minimum atomic E-state index is 0.439. The fraction of sp³-hybridized carbons (Fsp3) is 0.471. The van der Waals surface area contributed by atoms with Crippen LogP contribution in [0.25, 0.3) is 10.9 Å². The Morgan fingerprint density at radius 3 is 2.76 bits per heavy atom. The number of hydrogen-bond donors (Lipinski definition) is 1. The zero-order valence-electron chi connectivity index (χ0n) is 12.6. The van der Waals surface area contributed by atoms with Gasteiger partial charge in [-0.2, -0.15) is 0 Å². The van der Waals surface area contributed by atoms with Crippen molar-refractivity contribution in [3.05, 3.63) is 40.5 Å². The lowest BCUT2D eigenvalue weighted by molar-refractivity contribution is 0.213. The average molecular weight is 304 g/mol. The van der Waals surface area contributed by atoms with Crippen LogP contribution in [0.5, 0.6) is 0 Å². The van der Waals surface area contributed by atoms with E-state index in [1.54, 1.807) is 0 Å². The molecule has 0 radical (unpaired) electrons. The Labute approximate surface area is 131 Å². The molecule has 3 nitrogen and oxygen atoms in total. The topological polar surface area (TPSA) is 42.1 Å². The first-order valence-electron chi connectivity index (χ1n) is 7.56. The summed E-state index contributed by atoms with van der Waals surface area (Å²) in [6.45, 7) is 3.52. The van der Waals surface area contributed by atoms with E-state index in [0.29, 0.717) is 12.6 Å². The van der Waals surface area contributed by atoms with E-state index in [1.165, 1.54) is 12.8 Å². The molecule has 1 fully saturated rings. The van der Waals surface area contributed by atoms with Crippen molar-refractivity contribution in [2.75, 3.05) is 13.6 Å². The highest BCUT2D eigenvalue weighted by Gasteiger charge is 2.33. The van der Waals surface area contributed by atoms with Crippen molar-refractivity contribution in [1.29, 1.82) is 0 Å². The molecule has 1 unspecified atom stereocenters. The van der Waals surface area contributed by atoms with Gasteiger partial charge in [0, 0.05) is 24.5 Å². The number of halogens is 1. The van der Waals surface area contributed by atoms with Crippen molar-refractivity contribution >= 4 is 22.5 Å². The molecule has 1 aromatic carbocycles. The van der Waals surface area contributed by atoms with E-state index in [-0.39, 0.29) is 0 Å². The van der Waals surface area contributed by atoms with Crippen LogP contribution >= 0.6 is 11.6 Å². The number of aryl methyl sites for hydroxylation is 1. The molecular weight excluding hydrogens is 282 g/mol. The smallest absolute Gasteiger partial charge is 0.0740 e. The number of para-hydroxylation sites is 1. The molecule has 1 aliphatic rings. The lowest BCUT2D eigenvalue weighted by Crippen LogP contribution is -2.39. The van der Waals surface area contributed by atoms with Crippen LogP contribution < -0.4 is 5.73 Å². The summed E-state index contributed by atoms with van der Waals surface area (Å²) in [4.78, 5) is 7.06. The molecule has 4 heteroatoms. The van der Waals surface area contributed by atoms with Gasteiger partial charge in [0.15, 0.2) is 0 Å². The summed E-state index contributed by atoms with van der Waals surface area (Å²) >= 11 is 6.54. The summed E-state index contributed by atoms with van der Waals surface area (Å²) in [5.41, 5.74) is 9.01. The molecule has 0 saturated heterocycles. The Morgan fingerprint density at radius 1 is 1.38 bits per heavy atom. The lowest BCUT2D eigenvalue weighted by atomic mass is 10.1. The summed E-state index contributed by atoms with van der Waals surface area (Å²) in [6.07, 6.45) is 2.59. The fourth-order valence-electron chi connectivity index (χ4n) is 3.09. The second-order valence-electron chi connectivity index (χ2n) is 6.07. The van der Waals surface area contributed by atoms with Crippen LogP contribution in [0.2, 0.25) is 5.02 Å². The molecule has 2 N–H and O–H groups in total. The normalized spacial score (nSPS) is 16.6. The van der Waals surface area contributed by atoms with Crippen LogP contribution in [0.15, 0.2) is 24.3 Å². The van der Waals surface area contributed by atoms with Crippen LogP contribution in [-0.4, -0.2) is 29.5 Å². The molecule has 21 heavy (non-hydrogen) atoms. The van der Waals surface area contributed by atoms with Crippen molar-refractivity contribution in [3.63, 3.8) is 0 Å². The summed E-state index contributed by atoms with van der Waals surface area (Å²) in [7, 11) is 2.12. The van der Waals surface area contributed by atoms with Crippen molar-refractivity contribution in [1.82, 2.24) is 9.88 Å². The molecule has 2 aromatic rings. The number of aromatic nitrogens is 1. The minimum absolute atomic E-state index is 0.439. The van der Waals surface area contributed by atoms with Gasteiger partial charge in [0.1, 0.15) is 0 Å². The van der Waals surface area contributed by atoms with Gasteiger partial charge in [-0.1, -0.05) is 29.8 Å². The highest BCUT2D eigenvalue weighted by Crippen LogP contribution is 2.35. The first-order valence-corrected chi connectivity index (χ1v) is 7.93. The third-order valence-corrected chi connectivity index (χ3v) is 5.02. The molecule has 0 bridgehead atoms. The Bertz CT molecular complexity index is 652. The standard InChI is InChI=1S/C17H22ClN3/c1-11-13-5-3-4-6-14(13)20-15(17(11)18)10-21(2)16(9-19)12-7-8-12/h3-6,12,16H,7-10,19H2,1-2H3. The van der Waals surface area contributed by atoms with Gasteiger partial charge in [-0.15, -0.1) is 0 Å². The van der Waals surface area contributed by atoms with Crippen molar-refractivity contribution in [3.8, 4) is 0 Å². The van der Waals surface area contributed by atoms with E-state index < -0.39 is 0 Å². The Morgan fingerprint density at radius 2 is 2.10 bits per heavy atom. The van der Waals surface area contributed by atoms with Crippen LogP contribution in [0.3, 0.4) is 0 Å². The first-order chi connectivity index (χ1) is 10.1. The first kappa shape index (κ1) is 14.8. The Balaban J connectivity index is 1.91. The molecule has 0 spiro atoms. The molecule has 0 aliphatic heterocycles. The summed E-state index contributed by atoms with van der Waals surface area (Å²) in [5, 5.41) is 1.92.